The molecule has 180 valence electrons. The van der Waals surface area contributed by atoms with Gasteiger partial charge in [0.2, 0.25) is 5.91 Å². The molecule has 0 spiro atoms. The summed E-state index contributed by atoms with van der Waals surface area (Å²) in [6.45, 7) is 8.28. The Labute approximate surface area is 214 Å². The quantitative estimate of drug-likeness (QED) is 0.262. The zero-order valence-corrected chi connectivity index (χ0v) is 22.0. The monoisotopic (exact) mass is 531 g/mol. The first-order chi connectivity index (χ1) is 16.9. The second-order valence-corrected chi connectivity index (χ2v) is 10.4. The number of aryl methyl sites for hydroxylation is 1. The Hall–Kier alpha value is -3.12. The molecule has 35 heavy (non-hydrogen) atoms. The topological polar surface area (TPSA) is 47.4 Å². The van der Waals surface area contributed by atoms with E-state index >= 15 is 0 Å². The van der Waals surface area contributed by atoms with E-state index in [4.69, 9.17) is 9.72 Å². The summed E-state index contributed by atoms with van der Waals surface area (Å²) in [5.74, 6) is 2.43. The van der Waals surface area contributed by atoms with E-state index in [9.17, 15) is 4.79 Å². The molecule has 6 heteroatoms. The van der Waals surface area contributed by atoms with Crippen molar-refractivity contribution in [2.75, 3.05) is 18.1 Å². The Morgan fingerprint density at radius 3 is 2.66 bits per heavy atom. The highest BCUT2D eigenvalue weighted by Gasteiger charge is 2.35. The van der Waals surface area contributed by atoms with Crippen LogP contribution in [-0.4, -0.2) is 28.6 Å². The van der Waals surface area contributed by atoms with Crippen molar-refractivity contribution in [1.29, 1.82) is 0 Å². The average molecular weight is 532 g/mol. The number of hydrogen-bond donors (Lipinski definition) is 0. The first-order valence-electron chi connectivity index (χ1n) is 12.2. The molecule has 5 nitrogen and oxygen atoms in total. The van der Waals surface area contributed by atoms with Crippen molar-refractivity contribution < 1.29 is 9.53 Å². The van der Waals surface area contributed by atoms with Gasteiger partial charge in [-0.1, -0.05) is 50.2 Å². The van der Waals surface area contributed by atoms with Crippen LogP contribution in [0.1, 0.15) is 49.1 Å². The zero-order chi connectivity index (χ0) is 24.5. The molecular weight excluding hydrogens is 502 g/mol. The molecule has 1 aliphatic rings. The highest BCUT2D eigenvalue weighted by molar-refractivity contribution is 9.10. The zero-order valence-electron chi connectivity index (χ0n) is 20.4. The standard InChI is InChI=1S/C29H30BrN3O2/c1-19(2)22-13-12-20(3)16-27(22)35-15-14-32-26-11-7-5-9-24(26)31-29(32)21-17-28(34)33(18-21)25-10-6-4-8-23(25)30/h4-13,16,19,21H,14-15,17-18H2,1-3H3. The number of imidazole rings is 1. The SMILES string of the molecule is Cc1ccc(C(C)C)c(OCCn2c(C3CC(=O)N(c4ccccc4Br)C3)nc3ccccc32)c1. The van der Waals surface area contributed by atoms with Gasteiger partial charge in [0, 0.05) is 23.4 Å². The fraction of sp³-hybridized carbons (Fsp3) is 0.310. The molecule has 3 aromatic carbocycles. The van der Waals surface area contributed by atoms with Gasteiger partial charge in [0.1, 0.15) is 18.2 Å². The van der Waals surface area contributed by atoms with E-state index in [1.807, 2.05) is 47.4 Å². The Morgan fingerprint density at radius 2 is 1.86 bits per heavy atom. The number of hydrogen-bond acceptors (Lipinski definition) is 3. The molecule has 5 rings (SSSR count). The summed E-state index contributed by atoms with van der Waals surface area (Å²) in [6.07, 6.45) is 0.445. The van der Waals surface area contributed by atoms with Gasteiger partial charge in [-0.05, 0) is 70.2 Å². The Balaban J connectivity index is 1.41. The summed E-state index contributed by atoms with van der Waals surface area (Å²) in [7, 11) is 0. The van der Waals surface area contributed by atoms with E-state index in [1.54, 1.807) is 0 Å². The number of halogens is 1. The van der Waals surface area contributed by atoms with Crippen LogP contribution in [0.2, 0.25) is 0 Å². The van der Waals surface area contributed by atoms with E-state index in [0.717, 1.165) is 32.8 Å². The molecule has 1 aliphatic heterocycles. The van der Waals surface area contributed by atoms with Crippen LogP contribution in [0.25, 0.3) is 11.0 Å². The second kappa shape index (κ2) is 9.86. The van der Waals surface area contributed by atoms with E-state index in [1.165, 1.54) is 11.1 Å². The van der Waals surface area contributed by atoms with Crippen molar-refractivity contribution in [3.8, 4) is 5.75 Å². The maximum atomic E-state index is 13.0. The number of carbonyl (C=O) groups excluding carboxylic acids is 1. The van der Waals surface area contributed by atoms with Crippen molar-refractivity contribution in [2.45, 2.75) is 45.6 Å². The van der Waals surface area contributed by atoms with E-state index in [2.05, 4.69) is 65.5 Å². The molecule has 0 bridgehead atoms. The van der Waals surface area contributed by atoms with Crippen LogP contribution >= 0.6 is 15.9 Å². The molecule has 0 radical (unpaired) electrons. The van der Waals surface area contributed by atoms with Gasteiger partial charge < -0.3 is 14.2 Å². The van der Waals surface area contributed by atoms with Crippen LogP contribution in [0, 0.1) is 6.92 Å². The Morgan fingerprint density at radius 1 is 1.09 bits per heavy atom. The lowest BCUT2D eigenvalue weighted by molar-refractivity contribution is -0.117. The molecule has 0 aliphatic carbocycles. The van der Waals surface area contributed by atoms with Gasteiger partial charge in [0.15, 0.2) is 0 Å². The highest BCUT2D eigenvalue weighted by Crippen LogP contribution is 2.36. The van der Waals surface area contributed by atoms with Gasteiger partial charge in [0.25, 0.3) is 0 Å². The maximum Gasteiger partial charge on any atom is 0.227 e. The molecule has 1 unspecified atom stereocenters. The van der Waals surface area contributed by atoms with Crippen LogP contribution in [0.5, 0.6) is 5.75 Å². The van der Waals surface area contributed by atoms with Gasteiger partial charge in [-0.15, -0.1) is 0 Å². The lowest BCUT2D eigenvalue weighted by Gasteiger charge is -2.19. The summed E-state index contributed by atoms with van der Waals surface area (Å²) in [4.78, 5) is 19.9. The number of amides is 1. The molecule has 4 aromatic rings. The van der Waals surface area contributed by atoms with Crippen LogP contribution in [0.4, 0.5) is 5.69 Å². The van der Waals surface area contributed by atoms with Crippen molar-refractivity contribution in [2.24, 2.45) is 0 Å². The van der Waals surface area contributed by atoms with Crippen LogP contribution in [-0.2, 0) is 11.3 Å². The number of anilines is 1. The molecule has 1 amide bonds. The minimum absolute atomic E-state index is 0.0206. The fourth-order valence-corrected chi connectivity index (χ4v) is 5.41. The van der Waals surface area contributed by atoms with Crippen molar-refractivity contribution in [3.05, 3.63) is 88.2 Å². The number of fused-ring (bicyclic) bond motifs is 1. The van der Waals surface area contributed by atoms with E-state index in [-0.39, 0.29) is 11.8 Å². The van der Waals surface area contributed by atoms with Crippen LogP contribution in [0.3, 0.4) is 0 Å². The van der Waals surface area contributed by atoms with Gasteiger partial charge in [0.05, 0.1) is 23.3 Å². The molecule has 1 fully saturated rings. The number of rotatable bonds is 7. The normalized spacial score (nSPS) is 16.0. The van der Waals surface area contributed by atoms with Gasteiger partial charge in [-0.25, -0.2) is 4.98 Å². The highest BCUT2D eigenvalue weighted by atomic mass is 79.9. The average Bonchev–Trinajstić information content (AvgIpc) is 3.40. The maximum absolute atomic E-state index is 13.0. The predicted octanol–water partition coefficient (Wildman–Crippen LogP) is 6.83. The van der Waals surface area contributed by atoms with E-state index < -0.39 is 0 Å². The molecule has 0 N–H and O–H groups in total. The van der Waals surface area contributed by atoms with Gasteiger partial charge >= 0.3 is 0 Å². The summed E-state index contributed by atoms with van der Waals surface area (Å²) in [5, 5.41) is 0. The second-order valence-electron chi connectivity index (χ2n) is 9.51. The number of carbonyl (C=O) groups is 1. The lowest BCUT2D eigenvalue weighted by Crippen LogP contribution is -2.25. The largest absolute Gasteiger partial charge is 0.491 e. The number of benzene rings is 3. The minimum Gasteiger partial charge on any atom is -0.491 e. The smallest absolute Gasteiger partial charge is 0.227 e. The van der Waals surface area contributed by atoms with Crippen molar-refractivity contribution >= 4 is 38.6 Å². The first-order valence-corrected chi connectivity index (χ1v) is 12.9. The van der Waals surface area contributed by atoms with E-state index in [0.29, 0.717) is 32.0 Å². The third-order valence-electron chi connectivity index (χ3n) is 6.68. The molecule has 0 saturated carbocycles. The van der Waals surface area contributed by atoms with Crippen LogP contribution in [0.15, 0.2) is 71.2 Å². The first kappa shape index (κ1) is 23.6. The lowest BCUT2D eigenvalue weighted by atomic mass is 10.0. The predicted molar refractivity (Wildman–Crippen MR) is 144 cm³/mol. The fourth-order valence-electron chi connectivity index (χ4n) is 4.92. The third kappa shape index (κ3) is 4.72. The molecule has 1 saturated heterocycles. The Kier molecular flexibility index (Phi) is 6.65. The summed E-state index contributed by atoms with van der Waals surface area (Å²) in [6, 6.07) is 22.5. The minimum atomic E-state index is 0.0206. The molecular formula is C29H30BrN3O2. The summed E-state index contributed by atoms with van der Waals surface area (Å²) >= 11 is 3.60. The number of aromatic nitrogens is 2. The molecule has 2 heterocycles. The third-order valence-corrected chi connectivity index (χ3v) is 7.35. The summed E-state index contributed by atoms with van der Waals surface area (Å²) < 4.78 is 9.48. The van der Waals surface area contributed by atoms with Gasteiger partial charge in [-0.2, -0.15) is 0 Å². The number of ether oxygens (including phenoxy) is 1. The summed E-state index contributed by atoms with van der Waals surface area (Å²) in [5.41, 5.74) is 5.34. The Bertz CT molecular complexity index is 1380. The van der Waals surface area contributed by atoms with Gasteiger partial charge in [-0.3, -0.25) is 4.79 Å². The van der Waals surface area contributed by atoms with Crippen LogP contribution < -0.4 is 9.64 Å². The molecule has 1 aromatic heterocycles. The van der Waals surface area contributed by atoms with Crippen molar-refractivity contribution in [3.63, 3.8) is 0 Å². The van der Waals surface area contributed by atoms with Crippen molar-refractivity contribution in [1.82, 2.24) is 9.55 Å². The number of nitrogens with zero attached hydrogens (tertiary/aromatic N) is 3. The molecule has 1 atom stereocenters. The number of para-hydroxylation sites is 3.